The van der Waals surface area contributed by atoms with E-state index in [0.29, 0.717) is 19.3 Å². The van der Waals surface area contributed by atoms with Crippen LogP contribution < -0.4 is 5.32 Å². The first kappa shape index (κ1) is 15.7. The van der Waals surface area contributed by atoms with Gasteiger partial charge in [-0.25, -0.2) is 0 Å². The van der Waals surface area contributed by atoms with Crippen LogP contribution in [0.5, 0.6) is 0 Å². The van der Waals surface area contributed by atoms with Crippen LogP contribution in [0.1, 0.15) is 35.7 Å². The number of aryl methyl sites for hydroxylation is 1. The monoisotopic (exact) mass is 395 g/mol. The largest absolute Gasteiger partial charge is 0.382 e. The van der Waals surface area contributed by atoms with Crippen molar-refractivity contribution in [3.8, 4) is 0 Å². The minimum atomic E-state index is 0.558. The molecule has 0 fully saturated rings. The zero-order valence-electron chi connectivity index (χ0n) is 11.4. The third kappa shape index (κ3) is 4.97. The Balaban J connectivity index is 1.67. The van der Waals surface area contributed by atoms with Gasteiger partial charge in [-0.15, -0.1) is 11.3 Å². The van der Waals surface area contributed by atoms with Gasteiger partial charge >= 0.3 is 0 Å². The number of hydrogen-bond acceptors (Lipinski definition) is 4. The van der Waals surface area contributed by atoms with Gasteiger partial charge in [0.05, 0.1) is 16.1 Å². The Kier molecular flexibility index (Phi) is 7.07. The van der Waals surface area contributed by atoms with E-state index in [1.807, 2.05) is 11.3 Å². The van der Waals surface area contributed by atoms with Crippen molar-refractivity contribution < 1.29 is 9.47 Å². The fraction of sp³-hybridized carbons (Fsp3) is 0.714. The second-order valence-electron chi connectivity index (χ2n) is 4.79. The van der Waals surface area contributed by atoms with Gasteiger partial charge in [-0.3, -0.25) is 0 Å². The molecule has 1 aromatic heterocycles. The minimum absolute atomic E-state index is 0.558. The predicted molar refractivity (Wildman–Crippen MR) is 88.0 cm³/mol. The molecule has 0 saturated heterocycles. The van der Waals surface area contributed by atoms with Crippen LogP contribution in [0.2, 0.25) is 0 Å². The maximum atomic E-state index is 5.47. The van der Waals surface area contributed by atoms with Crippen LogP contribution in [-0.4, -0.2) is 33.5 Å². The summed E-state index contributed by atoms with van der Waals surface area (Å²) in [7, 11) is 1.70. The van der Waals surface area contributed by atoms with E-state index in [-0.39, 0.29) is 0 Å². The number of methoxy groups -OCH3 is 1. The maximum absolute atomic E-state index is 5.47. The third-order valence-electron chi connectivity index (χ3n) is 3.37. The van der Waals surface area contributed by atoms with Crippen molar-refractivity contribution in [1.29, 1.82) is 0 Å². The highest BCUT2D eigenvalue weighted by molar-refractivity contribution is 14.1. The molecule has 1 aliphatic rings. The number of thiophene rings is 1. The van der Waals surface area contributed by atoms with Crippen molar-refractivity contribution in [2.24, 2.45) is 0 Å². The normalized spacial score (nSPS) is 18.5. The molecule has 1 N–H and O–H groups in total. The predicted octanol–water partition coefficient (Wildman–Crippen LogP) is 3.37. The van der Waals surface area contributed by atoms with Gasteiger partial charge in [-0.2, -0.15) is 0 Å². The topological polar surface area (TPSA) is 30.5 Å². The summed E-state index contributed by atoms with van der Waals surface area (Å²) in [6.07, 6.45) is 4.91. The van der Waals surface area contributed by atoms with Gasteiger partial charge in [0.2, 0.25) is 0 Å². The average Bonchev–Trinajstić information content (AvgIpc) is 2.78. The first-order chi connectivity index (χ1) is 9.31. The van der Waals surface area contributed by atoms with Crippen LogP contribution >= 0.6 is 33.9 Å². The molecule has 0 saturated carbocycles. The van der Waals surface area contributed by atoms with Crippen molar-refractivity contribution in [1.82, 2.24) is 5.32 Å². The Hall–Kier alpha value is 0.310. The molecule has 108 valence electrons. The summed E-state index contributed by atoms with van der Waals surface area (Å²) in [5, 5.41) is 3.67. The molecule has 1 unspecified atom stereocenters. The average molecular weight is 395 g/mol. The summed E-state index contributed by atoms with van der Waals surface area (Å²) in [5.41, 5.74) is 1.54. The van der Waals surface area contributed by atoms with Gasteiger partial charge in [0, 0.05) is 24.6 Å². The molecule has 1 aliphatic carbocycles. The first-order valence-electron chi connectivity index (χ1n) is 6.89. The van der Waals surface area contributed by atoms with Crippen LogP contribution in [0, 0.1) is 2.88 Å². The van der Waals surface area contributed by atoms with E-state index >= 15 is 0 Å². The van der Waals surface area contributed by atoms with Gasteiger partial charge in [0.1, 0.15) is 0 Å². The molecule has 2 rings (SSSR count). The fourth-order valence-corrected chi connectivity index (χ4v) is 4.55. The van der Waals surface area contributed by atoms with E-state index in [2.05, 4.69) is 34.0 Å². The van der Waals surface area contributed by atoms with Crippen molar-refractivity contribution >= 4 is 33.9 Å². The molecule has 0 radical (unpaired) electrons. The zero-order chi connectivity index (χ0) is 13.5. The van der Waals surface area contributed by atoms with Crippen LogP contribution in [0.4, 0.5) is 0 Å². The van der Waals surface area contributed by atoms with E-state index in [1.165, 1.54) is 22.1 Å². The number of ether oxygens (including phenoxy) is 2. The smallest absolute Gasteiger partial charge is 0.0700 e. The summed E-state index contributed by atoms with van der Waals surface area (Å²) >= 11 is 4.39. The lowest BCUT2D eigenvalue weighted by atomic mass is 9.94. The van der Waals surface area contributed by atoms with Gasteiger partial charge < -0.3 is 14.8 Å². The molecule has 1 atom stereocenters. The molecule has 1 aromatic rings. The molecule has 0 amide bonds. The zero-order valence-corrected chi connectivity index (χ0v) is 14.4. The summed E-state index contributed by atoms with van der Waals surface area (Å²) < 4.78 is 11.8. The Morgan fingerprint density at radius 1 is 1.42 bits per heavy atom. The summed E-state index contributed by atoms with van der Waals surface area (Å²) in [4.78, 5) is 1.59. The molecule has 0 aliphatic heterocycles. The van der Waals surface area contributed by atoms with Crippen LogP contribution in [0.3, 0.4) is 0 Å². The van der Waals surface area contributed by atoms with Gasteiger partial charge in [0.25, 0.3) is 0 Å². The SMILES string of the molecule is COCCOCCCNC1CCCc2sc(I)cc21. The standard InChI is InChI=1S/C14H22INO2S/c1-17-8-9-18-7-3-6-16-12-4-2-5-13-11(12)10-14(15)19-13/h10,12,16H,2-9H2,1H3. The van der Waals surface area contributed by atoms with E-state index in [0.717, 1.165) is 19.6 Å². The number of fused-ring (bicyclic) bond motifs is 1. The number of rotatable bonds is 8. The van der Waals surface area contributed by atoms with Gasteiger partial charge in [-0.05, 0) is 66.4 Å². The Morgan fingerprint density at radius 3 is 3.16 bits per heavy atom. The van der Waals surface area contributed by atoms with Crippen LogP contribution in [0.15, 0.2) is 6.07 Å². The van der Waals surface area contributed by atoms with Crippen molar-refractivity contribution in [3.05, 3.63) is 19.4 Å². The Bertz CT molecular complexity index is 384. The molecular weight excluding hydrogens is 373 g/mol. The van der Waals surface area contributed by atoms with Crippen molar-refractivity contribution in [2.45, 2.75) is 31.7 Å². The highest BCUT2D eigenvalue weighted by Gasteiger charge is 2.21. The molecule has 3 nitrogen and oxygen atoms in total. The molecule has 19 heavy (non-hydrogen) atoms. The number of nitrogens with one attached hydrogen (secondary N) is 1. The van der Waals surface area contributed by atoms with E-state index in [4.69, 9.17) is 9.47 Å². The highest BCUT2D eigenvalue weighted by atomic mass is 127. The molecular formula is C14H22INO2S. The lowest BCUT2D eigenvalue weighted by molar-refractivity contribution is 0.0692. The van der Waals surface area contributed by atoms with Crippen molar-refractivity contribution in [3.63, 3.8) is 0 Å². The lowest BCUT2D eigenvalue weighted by Gasteiger charge is -2.23. The lowest BCUT2D eigenvalue weighted by Crippen LogP contribution is -2.26. The summed E-state index contributed by atoms with van der Waals surface area (Å²) in [6, 6.07) is 2.91. The molecule has 5 heteroatoms. The summed E-state index contributed by atoms with van der Waals surface area (Å²) in [5.74, 6) is 0. The molecule has 1 heterocycles. The van der Waals surface area contributed by atoms with Gasteiger partial charge in [0.15, 0.2) is 0 Å². The van der Waals surface area contributed by atoms with E-state index in [1.54, 1.807) is 17.6 Å². The third-order valence-corrected chi connectivity index (χ3v) is 5.34. The van der Waals surface area contributed by atoms with Crippen LogP contribution in [0.25, 0.3) is 0 Å². The Morgan fingerprint density at radius 2 is 2.32 bits per heavy atom. The van der Waals surface area contributed by atoms with Gasteiger partial charge in [-0.1, -0.05) is 0 Å². The second kappa shape index (κ2) is 8.56. The van der Waals surface area contributed by atoms with E-state index < -0.39 is 0 Å². The fourth-order valence-electron chi connectivity index (χ4n) is 2.43. The second-order valence-corrected chi connectivity index (χ2v) is 7.82. The van der Waals surface area contributed by atoms with Crippen molar-refractivity contribution in [2.75, 3.05) is 33.5 Å². The first-order valence-corrected chi connectivity index (χ1v) is 8.79. The van der Waals surface area contributed by atoms with Crippen LogP contribution in [-0.2, 0) is 15.9 Å². The maximum Gasteiger partial charge on any atom is 0.0700 e. The van der Waals surface area contributed by atoms with E-state index in [9.17, 15) is 0 Å². The summed E-state index contributed by atoms with van der Waals surface area (Å²) in [6.45, 7) is 3.24. The molecule has 0 spiro atoms. The Labute approximate surface area is 133 Å². The highest BCUT2D eigenvalue weighted by Crippen LogP contribution is 2.36. The quantitative estimate of drug-likeness (QED) is 0.541. The minimum Gasteiger partial charge on any atom is -0.382 e. The number of halogens is 1. The molecule has 0 bridgehead atoms. The molecule has 0 aromatic carbocycles. The number of hydrogen-bond donors (Lipinski definition) is 1.